The maximum atomic E-state index is 4.66. The van der Waals surface area contributed by atoms with Gasteiger partial charge in [-0.1, -0.05) is 20.8 Å². The molecule has 0 spiro atoms. The Bertz CT molecular complexity index is 362. The van der Waals surface area contributed by atoms with Gasteiger partial charge in [0.05, 0.1) is 0 Å². The summed E-state index contributed by atoms with van der Waals surface area (Å²) < 4.78 is 0. The SMILES string of the molecule is CNCC(C)Cc1c(C)nc(CC(C)C)nc1C. The second-order valence-corrected chi connectivity index (χ2v) is 5.75. The van der Waals surface area contributed by atoms with Crippen molar-refractivity contribution in [3.8, 4) is 0 Å². The van der Waals surface area contributed by atoms with Crippen molar-refractivity contribution in [2.45, 2.75) is 47.5 Å². The van der Waals surface area contributed by atoms with Crippen LogP contribution in [-0.4, -0.2) is 23.6 Å². The van der Waals surface area contributed by atoms with Crippen LogP contribution in [0.1, 0.15) is 43.5 Å². The van der Waals surface area contributed by atoms with Crippen molar-refractivity contribution in [2.75, 3.05) is 13.6 Å². The molecule has 3 heteroatoms. The molecule has 1 N–H and O–H groups in total. The Morgan fingerprint density at radius 3 is 2.00 bits per heavy atom. The molecule has 0 saturated heterocycles. The van der Waals surface area contributed by atoms with Crippen molar-refractivity contribution >= 4 is 0 Å². The fourth-order valence-corrected chi connectivity index (χ4v) is 2.33. The zero-order valence-electron chi connectivity index (χ0n) is 12.7. The van der Waals surface area contributed by atoms with Crippen LogP contribution in [0.15, 0.2) is 0 Å². The van der Waals surface area contributed by atoms with Crippen LogP contribution in [0.5, 0.6) is 0 Å². The Labute approximate surface area is 111 Å². The highest BCUT2D eigenvalue weighted by molar-refractivity contribution is 5.25. The maximum absolute atomic E-state index is 4.66. The van der Waals surface area contributed by atoms with Crippen molar-refractivity contribution in [3.05, 3.63) is 22.8 Å². The van der Waals surface area contributed by atoms with E-state index in [1.54, 1.807) is 0 Å². The highest BCUT2D eigenvalue weighted by atomic mass is 14.9. The van der Waals surface area contributed by atoms with E-state index in [4.69, 9.17) is 0 Å². The fraction of sp³-hybridized carbons (Fsp3) is 0.733. The van der Waals surface area contributed by atoms with Crippen LogP contribution in [0.25, 0.3) is 0 Å². The molecule has 1 aromatic heterocycles. The molecule has 3 nitrogen and oxygen atoms in total. The molecule has 1 unspecified atom stereocenters. The summed E-state index contributed by atoms with van der Waals surface area (Å²) in [5.74, 6) is 2.22. The second kappa shape index (κ2) is 6.83. The van der Waals surface area contributed by atoms with Gasteiger partial charge in [0.25, 0.3) is 0 Å². The number of nitrogens with zero attached hydrogens (tertiary/aromatic N) is 2. The monoisotopic (exact) mass is 249 g/mol. The van der Waals surface area contributed by atoms with Crippen LogP contribution >= 0.6 is 0 Å². The maximum Gasteiger partial charge on any atom is 0.129 e. The average molecular weight is 249 g/mol. The summed E-state index contributed by atoms with van der Waals surface area (Å²) in [7, 11) is 2.00. The van der Waals surface area contributed by atoms with Crippen molar-refractivity contribution in [1.29, 1.82) is 0 Å². The zero-order chi connectivity index (χ0) is 13.7. The lowest BCUT2D eigenvalue weighted by Gasteiger charge is -2.15. The van der Waals surface area contributed by atoms with E-state index in [9.17, 15) is 0 Å². The first-order valence-corrected chi connectivity index (χ1v) is 6.91. The molecule has 0 saturated carbocycles. The Morgan fingerprint density at radius 2 is 1.56 bits per heavy atom. The molecule has 0 radical (unpaired) electrons. The minimum Gasteiger partial charge on any atom is -0.319 e. The third kappa shape index (κ3) is 4.37. The standard InChI is InChI=1S/C15H27N3/c1-10(2)7-15-17-12(4)14(13(5)18-15)8-11(3)9-16-6/h10-11,16H,7-9H2,1-6H3. The summed E-state index contributed by atoms with van der Waals surface area (Å²) in [5, 5.41) is 3.22. The van der Waals surface area contributed by atoms with Crippen LogP contribution in [0.4, 0.5) is 0 Å². The molecule has 0 aliphatic carbocycles. The number of hydrogen-bond acceptors (Lipinski definition) is 3. The molecule has 0 bridgehead atoms. The van der Waals surface area contributed by atoms with Gasteiger partial charge in [0.1, 0.15) is 5.82 Å². The van der Waals surface area contributed by atoms with E-state index >= 15 is 0 Å². The first kappa shape index (κ1) is 15.1. The molecular weight excluding hydrogens is 222 g/mol. The van der Waals surface area contributed by atoms with Gasteiger partial charge in [0, 0.05) is 17.8 Å². The van der Waals surface area contributed by atoms with E-state index in [0.717, 1.165) is 36.6 Å². The van der Waals surface area contributed by atoms with Gasteiger partial charge in [-0.3, -0.25) is 0 Å². The molecule has 1 aromatic rings. The molecule has 0 aromatic carbocycles. The summed E-state index contributed by atoms with van der Waals surface area (Å²) in [4.78, 5) is 9.31. The van der Waals surface area contributed by atoms with Crippen LogP contribution in [0.2, 0.25) is 0 Å². The normalized spacial score (nSPS) is 13.1. The lowest BCUT2D eigenvalue weighted by Crippen LogP contribution is -2.19. The summed E-state index contributed by atoms with van der Waals surface area (Å²) in [6, 6.07) is 0. The topological polar surface area (TPSA) is 37.8 Å². The Balaban J connectivity index is 2.87. The van der Waals surface area contributed by atoms with Crippen LogP contribution < -0.4 is 5.32 Å². The molecular formula is C15H27N3. The van der Waals surface area contributed by atoms with Crippen LogP contribution in [-0.2, 0) is 12.8 Å². The van der Waals surface area contributed by atoms with E-state index < -0.39 is 0 Å². The number of aryl methyl sites for hydroxylation is 2. The van der Waals surface area contributed by atoms with E-state index in [2.05, 4.69) is 49.9 Å². The lowest BCUT2D eigenvalue weighted by molar-refractivity contribution is 0.534. The second-order valence-electron chi connectivity index (χ2n) is 5.75. The van der Waals surface area contributed by atoms with Gasteiger partial charge in [-0.25, -0.2) is 9.97 Å². The zero-order valence-corrected chi connectivity index (χ0v) is 12.7. The van der Waals surface area contributed by atoms with Crippen molar-refractivity contribution < 1.29 is 0 Å². The molecule has 0 fully saturated rings. The van der Waals surface area contributed by atoms with Gasteiger partial charge in [-0.05, 0) is 51.3 Å². The average Bonchev–Trinajstić information content (AvgIpc) is 2.23. The predicted molar refractivity (Wildman–Crippen MR) is 76.8 cm³/mol. The van der Waals surface area contributed by atoms with E-state index in [0.29, 0.717) is 11.8 Å². The molecule has 1 rings (SSSR count). The highest BCUT2D eigenvalue weighted by Crippen LogP contribution is 2.16. The largest absolute Gasteiger partial charge is 0.319 e. The number of aromatic nitrogens is 2. The van der Waals surface area contributed by atoms with Crippen LogP contribution in [0.3, 0.4) is 0 Å². The molecule has 1 atom stereocenters. The summed E-state index contributed by atoms with van der Waals surface area (Å²) in [6.07, 6.45) is 2.02. The van der Waals surface area contributed by atoms with Gasteiger partial charge in [-0.15, -0.1) is 0 Å². The van der Waals surface area contributed by atoms with Crippen molar-refractivity contribution in [2.24, 2.45) is 11.8 Å². The summed E-state index contributed by atoms with van der Waals surface area (Å²) in [6.45, 7) is 11.9. The Kier molecular flexibility index (Phi) is 5.73. The predicted octanol–water partition coefficient (Wildman–Crippen LogP) is 2.69. The van der Waals surface area contributed by atoms with Gasteiger partial charge < -0.3 is 5.32 Å². The van der Waals surface area contributed by atoms with Gasteiger partial charge >= 0.3 is 0 Å². The summed E-state index contributed by atoms with van der Waals surface area (Å²) in [5.41, 5.74) is 3.63. The summed E-state index contributed by atoms with van der Waals surface area (Å²) >= 11 is 0. The van der Waals surface area contributed by atoms with E-state index in [-0.39, 0.29) is 0 Å². The Morgan fingerprint density at radius 1 is 1.00 bits per heavy atom. The van der Waals surface area contributed by atoms with E-state index in [1.165, 1.54) is 5.56 Å². The lowest BCUT2D eigenvalue weighted by atomic mass is 9.98. The quantitative estimate of drug-likeness (QED) is 0.842. The van der Waals surface area contributed by atoms with Gasteiger partial charge in [0.15, 0.2) is 0 Å². The Hall–Kier alpha value is -0.960. The fourth-order valence-electron chi connectivity index (χ4n) is 2.33. The number of nitrogens with one attached hydrogen (secondary N) is 1. The molecule has 1 heterocycles. The number of hydrogen-bond donors (Lipinski definition) is 1. The molecule has 0 aliphatic rings. The first-order chi connectivity index (χ1) is 8.43. The third-order valence-electron chi connectivity index (χ3n) is 3.16. The van der Waals surface area contributed by atoms with Gasteiger partial charge in [0.2, 0.25) is 0 Å². The van der Waals surface area contributed by atoms with Crippen molar-refractivity contribution in [3.63, 3.8) is 0 Å². The molecule has 0 aliphatic heterocycles. The van der Waals surface area contributed by atoms with Gasteiger partial charge in [-0.2, -0.15) is 0 Å². The first-order valence-electron chi connectivity index (χ1n) is 6.91. The minimum absolute atomic E-state index is 0.609. The molecule has 18 heavy (non-hydrogen) atoms. The molecule has 102 valence electrons. The smallest absolute Gasteiger partial charge is 0.129 e. The van der Waals surface area contributed by atoms with Crippen molar-refractivity contribution in [1.82, 2.24) is 15.3 Å². The van der Waals surface area contributed by atoms with E-state index in [1.807, 2.05) is 7.05 Å². The third-order valence-corrected chi connectivity index (χ3v) is 3.16. The minimum atomic E-state index is 0.609. The number of rotatable bonds is 6. The molecule has 0 amide bonds. The highest BCUT2D eigenvalue weighted by Gasteiger charge is 2.12. The van der Waals surface area contributed by atoms with Crippen LogP contribution in [0, 0.1) is 25.7 Å².